The minimum Gasteiger partial charge on any atom is -0.490 e. The summed E-state index contributed by atoms with van der Waals surface area (Å²) in [6.45, 7) is 8.55. The largest absolute Gasteiger partial charge is 0.490 e. The summed E-state index contributed by atoms with van der Waals surface area (Å²) in [7, 11) is 0. The smallest absolute Gasteiger partial charge is 0.338 e. The lowest BCUT2D eigenvalue weighted by Gasteiger charge is -2.24. The predicted octanol–water partition coefficient (Wildman–Crippen LogP) is 5.58. The second-order valence-corrected chi connectivity index (χ2v) is 12.3. The Morgan fingerprint density at radius 3 is 2.58 bits per heavy atom. The summed E-state index contributed by atoms with van der Waals surface area (Å²) in [6, 6.07) is 16.5. The molecule has 0 unspecified atom stereocenters. The molecule has 0 N–H and O–H groups in total. The molecule has 45 heavy (non-hydrogen) atoms. The lowest BCUT2D eigenvalue weighted by molar-refractivity contribution is -0.139. The molecule has 0 radical (unpaired) electrons. The van der Waals surface area contributed by atoms with Crippen LogP contribution in [0.15, 0.2) is 80.1 Å². The molecule has 0 saturated heterocycles. The van der Waals surface area contributed by atoms with E-state index >= 15 is 0 Å². The van der Waals surface area contributed by atoms with Gasteiger partial charge in [-0.15, -0.1) is 0 Å². The second kappa shape index (κ2) is 12.9. The van der Waals surface area contributed by atoms with Crippen LogP contribution in [0.2, 0.25) is 0 Å². The summed E-state index contributed by atoms with van der Waals surface area (Å²) in [6.07, 6.45) is 1.80. The minimum atomic E-state index is -0.666. The molecule has 4 aromatic rings. The normalized spacial score (nSPS) is 15.5. The second-order valence-electron chi connectivity index (χ2n) is 10.5. The fraction of sp³-hybridized carbons (Fsp3) is 0.265. The molecule has 0 fully saturated rings. The van der Waals surface area contributed by atoms with Crippen molar-refractivity contribution in [3.63, 3.8) is 0 Å². The standard InChI is InChI=1S/C34H31BrN2O7S/c1-5-40-27-15-22(13-24(35)31(27)42-17-21-9-12-25-26(14-21)44-18-43-25)16-28-32(38)37-30(23-10-7-19(3)8-11-23)29(33(39)41-6-2)20(4)36-34(37)45-28/h7-16,30H,5-6,17-18H2,1-4H3/b28-16+/t30-/m1/s1. The molecule has 6 rings (SSSR count). The van der Waals surface area contributed by atoms with E-state index in [1.54, 1.807) is 24.5 Å². The first kappa shape index (κ1) is 30.7. The van der Waals surface area contributed by atoms with Crippen LogP contribution in [0.25, 0.3) is 6.08 Å². The molecule has 1 aromatic heterocycles. The van der Waals surface area contributed by atoms with E-state index in [4.69, 9.17) is 23.7 Å². The monoisotopic (exact) mass is 690 g/mol. The van der Waals surface area contributed by atoms with Gasteiger partial charge in [0.2, 0.25) is 6.79 Å². The van der Waals surface area contributed by atoms with Gasteiger partial charge in [0.05, 0.1) is 39.5 Å². The van der Waals surface area contributed by atoms with Gasteiger partial charge in [-0.25, -0.2) is 9.79 Å². The molecule has 1 atom stereocenters. The number of carbonyl (C=O) groups excluding carboxylic acids is 1. The van der Waals surface area contributed by atoms with E-state index < -0.39 is 12.0 Å². The molecule has 0 spiro atoms. The Hall–Kier alpha value is -4.35. The highest BCUT2D eigenvalue weighted by molar-refractivity contribution is 9.10. The van der Waals surface area contributed by atoms with Crippen molar-refractivity contribution >= 4 is 39.3 Å². The molecule has 3 aromatic carbocycles. The minimum absolute atomic E-state index is 0.206. The summed E-state index contributed by atoms with van der Waals surface area (Å²) in [5.41, 5.74) is 4.15. The van der Waals surface area contributed by atoms with Gasteiger partial charge < -0.3 is 23.7 Å². The highest BCUT2D eigenvalue weighted by atomic mass is 79.9. The quantitative estimate of drug-likeness (QED) is 0.212. The SMILES string of the molecule is CCOC(=O)C1=C(C)N=c2s/c(=C/c3cc(Br)c(OCc4ccc5c(c4)OCO5)c(OCC)c3)c(=O)n2[C@@H]1c1ccc(C)cc1. The van der Waals surface area contributed by atoms with E-state index in [1.807, 2.05) is 68.4 Å². The van der Waals surface area contributed by atoms with Crippen LogP contribution in [0.1, 0.15) is 49.1 Å². The van der Waals surface area contributed by atoms with Crippen LogP contribution in [0, 0.1) is 6.92 Å². The zero-order chi connectivity index (χ0) is 31.7. The third-order valence-corrected chi connectivity index (χ3v) is 8.93. The third kappa shape index (κ3) is 6.14. The van der Waals surface area contributed by atoms with Crippen LogP contribution in [-0.2, 0) is 16.1 Å². The number of benzene rings is 3. The molecule has 0 amide bonds. The number of aromatic nitrogens is 1. The number of rotatable bonds is 9. The van der Waals surface area contributed by atoms with Gasteiger partial charge in [0.1, 0.15) is 6.61 Å². The Morgan fingerprint density at radius 2 is 1.82 bits per heavy atom. The number of halogens is 1. The van der Waals surface area contributed by atoms with Crippen molar-refractivity contribution in [2.24, 2.45) is 4.99 Å². The third-order valence-electron chi connectivity index (χ3n) is 7.36. The van der Waals surface area contributed by atoms with Crippen LogP contribution < -0.4 is 33.8 Å². The highest BCUT2D eigenvalue weighted by Crippen LogP contribution is 2.39. The summed E-state index contributed by atoms with van der Waals surface area (Å²) in [5.74, 6) is 1.99. The fourth-order valence-electron chi connectivity index (χ4n) is 5.27. The summed E-state index contributed by atoms with van der Waals surface area (Å²) < 4.78 is 31.1. The van der Waals surface area contributed by atoms with Crippen LogP contribution in [0.5, 0.6) is 23.0 Å². The van der Waals surface area contributed by atoms with E-state index in [0.717, 1.165) is 22.3 Å². The van der Waals surface area contributed by atoms with E-state index in [-0.39, 0.29) is 25.6 Å². The van der Waals surface area contributed by atoms with E-state index in [1.165, 1.54) is 11.3 Å². The molecule has 0 bridgehead atoms. The number of esters is 1. The number of ether oxygens (including phenoxy) is 5. The van der Waals surface area contributed by atoms with E-state index in [9.17, 15) is 9.59 Å². The molecule has 3 heterocycles. The zero-order valence-electron chi connectivity index (χ0n) is 25.2. The van der Waals surface area contributed by atoms with Gasteiger partial charge in [-0.1, -0.05) is 47.2 Å². The molecule has 0 saturated carbocycles. The molecule has 0 aliphatic carbocycles. The Labute approximate surface area is 272 Å². The molecule has 2 aliphatic heterocycles. The molecule has 2 aliphatic rings. The summed E-state index contributed by atoms with van der Waals surface area (Å²) in [4.78, 5) is 32.3. The van der Waals surface area contributed by atoms with Crippen molar-refractivity contribution in [3.8, 4) is 23.0 Å². The fourth-order valence-corrected chi connectivity index (χ4v) is 6.89. The number of fused-ring (bicyclic) bond motifs is 2. The van der Waals surface area contributed by atoms with Crippen molar-refractivity contribution in [1.82, 2.24) is 4.57 Å². The Bertz CT molecular complexity index is 2000. The van der Waals surface area contributed by atoms with Crippen LogP contribution in [0.3, 0.4) is 0 Å². The van der Waals surface area contributed by atoms with E-state index in [2.05, 4.69) is 20.9 Å². The number of hydrogen-bond acceptors (Lipinski definition) is 9. The topological polar surface area (TPSA) is 97.6 Å². The molecule has 11 heteroatoms. The highest BCUT2D eigenvalue weighted by Gasteiger charge is 2.33. The molecule has 9 nitrogen and oxygen atoms in total. The molecular weight excluding hydrogens is 660 g/mol. The maximum atomic E-state index is 14.0. The van der Waals surface area contributed by atoms with Gasteiger partial charge in [0.15, 0.2) is 27.8 Å². The van der Waals surface area contributed by atoms with Gasteiger partial charge in [0, 0.05) is 0 Å². The first-order valence-corrected chi connectivity index (χ1v) is 16.1. The first-order valence-electron chi connectivity index (χ1n) is 14.5. The van der Waals surface area contributed by atoms with Gasteiger partial charge >= 0.3 is 5.97 Å². The molecular formula is C34H31BrN2O7S. The lowest BCUT2D eigenvalue weighted by Crippen LogP contribution is -2.39. The van der Waals surface area contributed by atoms with Crippen molar-refractivity contribution in [3.05, 3.63) is 112 Å². The maximum absolute atomic E-state index is 14.0. The zero-order valence-corrected chi connectivity index (χ0v) is 27.6. The predicted molar refractivity (Wildman–Crippen MR) is 174 cm³/mol. The number of thiazole rings is 1. The van der Waals surface area contributed by atoms with Gasteiger partial charge in [-0.3, -0.25) is 9.36 Å². The number of allylic oxidation sites excluding steroid dienone is 1. The van der Waals surface area contributed by atoms with Crippen molar-refractivity contribution in [1.29, 1.82) is 0 Å². The van der Waals surface area contributed by atoms with Crippen LogP contribution in [-0.4, -0.2) is 30.5 Å². The lowest BCUT2D eigenvalue weighted by atomic mass is 9.95. The van der Waals surface area contributed by atoms with Gasteiger partial charge in [0.25, 0.3) is 5.56 Å². The number of nitrogens with zero attached hydrogens (tertiary/aromatic N) is 2. The maximum Gasteiger partial charge on any atom is 0.338 e. The van der Waals surface area contributed by atoms with Gasteiger partial charge in [-0.05, 0) is 90.7 Å². The van der Waals surface area contributed by atoms with Crippen LogP contribution in [0.4, 0.5) is 0 Å². The number of carbonyl (C=O) groups is 1. The van der Waals surface area contributed by atoms with Crippen LogP contribution >= 0.6 is 27.3 Å². The average molecular weight is 692 g/mol. The summed E-state index contributed by atoms with van der Waals surface area (Å²) in [5, 5.41) is 0. The Kier molecular flexibility index (Phi) is 8.82. The van der Waals surface area contributed by atoms with E-state index in [0.29, 0.717) is 54.7 Å². The Balaban J connectivity index is 1.38. The number of hydrogen-bond donors (Lipinski definition) is 0. The average Bonchev–Trinajstić information content (AvgIpc) is 3.60. The van der Waals surface area contributed by atoms with Gasteiger partial charge in [-0.2, -0.15) is 0 Å². The molecule has 232 valence electrons. The summed E-state index contributed by atoms with van der Waals surface area (Å²) >= 11 is 4.91. The Morgan fingerprint density at radius 1 is 1.04 bits per heavy atom. The van der Waals surface area contributed by atoms with Crippen molar-refractivity contribution in [2.45, 2.75) is 40.3 Å². The van der Waals surface area contributed by atoms with Crippen molar-refractivity contribution in [2.75, 3.05) is 20.0 Å². The first-order chi connectivity index (χ1) is 21.8. The number of aryl methyl sites for hydroxylation is 1. The van der Waals surface area contributed by atoms with Crippen molar-refractivity contribution < 1.29 is 28.5 Å².